The van der Waals surface area contributed by atoms with E-state index in [0.29, 0.717) is 0 Å². The molecule has 0 radical (unpaired) electrons. The molecule has 0 spiro atoms. The first-order chi connectivity index (χ1) is 11.7. The van der Waals surface area contributed by atoms with Crippen LogP contribution in [0.2, 0.25) is 5.02 Å². The summed E-state index contributed by atoms with van der Waals surface area (Å²) < 4.78 is 80.2. The molecule has 3 rings (SSSR count). The Balaban J connectivity index is 2.16. The molecule has 2 aromatic rings. The summed E-state index contributed by atoms with van der Waals surface area (Å²) in [5, 5.41) is 6.21. The molecule has 1 aliphatic heterocycles. The van der Waals surface area contributed by atoms with Crippen molar-refractivity contribution in [1.29, 1.82) is 0 Å². The largest absolute Gasteiger partial charge is 0.282 e. The Morgan fingerprint density at radius 2 is 1.80 bits per heavy atom. The first kappa shape index (κ1) is 18.2. The molecule has 25 heavy (non-hydrogen) atoms. The Kier molecular flexibility index (Phi) is 4.78. The van der Waals surface area contributed by atoms with E-state index in [9.17, 15) is 26.0 Å². The number of benzene rings is 1. The molecule has 0 saturated heterocycles. The maximum absolute atomic E-state index is 13.7. The van der Waals surface area contributed by atoms with Gasteiger partial charge in [-0.15, -0.1) is 0 Å². The van der Waals surface area contributed by atoms with E-state index >= 15 is 0 Å². The fourth-order valence-corrected chi connectivity index (χ4v) is 4.76. The summed E-state index contributed by atoms with van der Waals surface area (Å²) in [7, 11) is -4.61. The van der Waals surface area contributed by atoms with E-state index in [2.05, 4.69) is 10.2 Å². The molecule has 11 heteroatoms. The highest BCUT2D eigenvalue weighted by molar-refractivity contribution is 7.89. The molecule has 2 unspecified atom stereocenters. The van der Waals surface area contributed by atoms with E-state index < -0.39 is 41.4 Å². The summed E-state index contributed by atoms with van der Waals surface area (Å²) in [4.78, 5) is -0.389. The smallest absolute Gasteiger partial charge is 0.259 e. The second kappa shape index (κ2) is 6.58. The molecule has 1 aliphatic rings. The number of alkyl halides is 4. The molecular formula is C14H12ClF4N3O2S. The third-order valence-electron chi connectivity index (χ3n) is 4.00. The van der Waals surface area contributed by atoms with Crippen LogP contribution in [-0.4, -0.2) is 41.8 Å². The Labute approximate surface area is 145 Å². The van der Waals surface area contributed by atoms with Crippen LogP contribution in [0.25, 0.3) is 0 Å². The topological polar surface area (TPSA) is 66.1 Å². The van der Waals surface area contributed by atoms with Gasteiger partial charge < -0.3 is 0 Å². The van der Waals surface area contributed by atoms with Crippen molar-refractivity contribution < 1.29 is 26.0 Å². The van der Waals surface area contributed by atoms with Gasteiger partial charge in [0.2, 0.25) is 10.0 Å². The first-order valence-electron chi connectivity index (χ1n) is 7.11. The minimum Gasteiger partial charge on any atom is -0.282 e. The van der Waals surface area contributed by atoms with E-state index in [-0.39, 0.29) is 25.5 Å². The van der Waals surface area contributed by atoms with Gasteiger partial charge in [0, 0.05) is 22.7 Å². The lowest BCUT2D eigenvalue weighted by molar-refractivity contribution is -0.0108. The number of fused-ring (bicyclic) bond motifs is 1. The van der Waals surface area contributed by atoms with E-state index in [1.807, 2.05) is 0 Å². The molecule has 0 saturated carbocycles. The second-order valence-electron chi connectivity index (χ2n) is 5.48. The number of rotatable bonds is 4. The number of H-pyrrole nitrogens is 1. The monoisotopic (exact) mass is 397 g/mol. The number of nitrogens with one attached hydrogen (secondary N) is 1. The molecule has 0 aliphatic carbocycles. The zero-order valence-corrected chi connectivity index (χ0v) is 14.0. The molecule has 1 N–H and O–H groups in total. The van der Waals surface area contributed by atoms with Crippen molar-refractivity contribution in [2.45, 2.75) is 36.3 Å². The Morgan fingerprint density at radius 3 is 2.36 bits per heavy atom. The number of aromatic nitrogens is 2. The summed E-state index contributed by atoms with van der Waals surface area (Å²) in [5.41, 5.74) is -0.0254. The normalized spacial score (nSPS) is 21.7. The highest BCUT2D eigenvalue weighted by Gasteiger charge is 2.50. The van der Waals surface area contributed by atoms with Crippen molar-refractivity contribution >= 4 is 21.6 Å². The van der Waals surface area contributed by atoms with E-state index in [1.165, 1.54) is 12.1 Å². The van der Waals surface area contributed by atoms with Crippen LogP contribution in [0.5, 0.6) is 0 Å². The van der Waals surface area contributed by atoms with Gasteiger partial charge in [-0.1, -0.05) is 11.6 Å². The minimum absolute atomic E-state index is 0.0816. The predicted octanol–water partition coefficient (Wildman–Crippen LogP) is 3.25. The first-order valence-corrected chi connectivity index (χ1v) is 8.93. The van der Waals surface area contributed by atoms with Gasteiger partial charge in [0.1, 0.15) is 6.04 Å². The van der Waals surface area contributed by atoms with Crippen molar-refractivity contribution in [3.63, 3.8) is 0 Å². The van der Waals surface area contributed by atoms with Crippen LogP contribution in [0.4, 0.5) is 17.6 Å². The van der Waals surface area contributed by atoms with E-state index in [0.717, 1.165) is 18.3 Å². The van der Waals surface area contributed by atoms with Crippen LogP contribution in [0, 0.1) is 0 Å². The molecule has 2 heterocycles. The van der Waals surface area contributed by atoms with Gasteiger partial charge in [-0.2, -0.15) is 9.40 Å². The van der Waals surface area contributed by atoms with Crippen LogP contribution in [0.1, 0.15) is 17.3 Å². The molecule has 1 aromatic carbocycles. The zero-order valence-electron chi connectivity index (χ0n) is 12.4. The van der Waals surface area contributed by atoms with Crippen molar-refractivity contribution in [2.24, 2.45) is 0 Å². The van der Waals surface area contributed by atoms with Crippen LogP contribution in [0.15, 0.2) is 35.4 Å². The fourth-order valence-electron chi connectivity index (χ4n) is 2.89. The molecule has 5 nitrogen and oxygen atoms in total. The molecule has 136 valence electrons. The maximum atomic E-state index is 13.7. The second-order valence-corrected chi connectivity index (χ2v) is 7.76. The van der Waals surface area contributed by atoms with Gasteiger partial charge in [0.15, 0.2) is 0 Å². The van der Waals surface area contributed by atoms with Crippen LogP contribution >= 0.6 is 11.6 Å². The van der Waals surface area contributed by atoms with Crippen LogP contribution < -0.4 is 0 Å². The fraction of sp³-hybridized carbons (Fsp3) is 0.357. The third-order valence-corrected chi connectivity index (χ3v) is 6.18. The van der Waals surface area contributed by atoms with E-state index in [1.54, 1.807) is 0 Å². The van der Waals surface area contributed by atoms with Crippen molar-refractivity contribution in [2.75, 3.05) is 0 Å². The Hall–Kier alpha value is -1.65. The maximum Gasteiger partial charge on any atom is 0.259 e. The van der Waals surface area contributed by atoms with Gasteiger partial charge in [-0.05, 0) is 24.3 Å². The number of halogens is 5. The quantitative estimate of drug-likeness (QED) is 0.805. The number of aromatic amines is 1. The number of sulfonamides is 1. The highest BCUT2D eigenvalue weighted by atomic mass is 35.5. The SMILES string of the molecule is O=S(=O)(c1ccc(Cl)cc1)N1C(C(F)F)Cc2[nH]ncc2C1C(F)F. The van der Waals surface area contributed by atoms with E-state index in [4.69, 9.17) is 11.6 Å². The van der Waals surface area contributed by atoms with Gasteiger partial charge in [0.05, 0.1) is 17.1 Å². The lowest BCUT2D eigenvalue weighted by Crippen LogP contribution is -2.52. The highest BCUT2D eigenvalue weighted by Crippen LogP contribution is 2.41. The third kappa shape index (κ3) is 3.13. The Bertz CT molecular complexity index is 857. The number of hydrogen-bond donors (Lipinski definition) is 1. The average Bonchev–Trinajstić information content (AvgIpc) is 3.01. The number of hydrogen-bond acceptors (Lipinski definition) is 3. The Morgan fingerprint density at radius 1 is 1.16 bits per heavy atom. The molecule has 2 atom stereocenters. The summed E-state index contributed by atoms with van der Waals surface area (Å²) in [6.45, 7) is 0. The standard InChI is InChI=1S/C14H12ClF4N3O2S/c15-7-1-3-8(4-2-7)25(23,24)22-11(13(16)17)5-10-9(6-20-21-10)12(22)14(18)19/h1-4,6,11-14H,5H2,(H,20,21). The van der Waals surface area contributed by atoms with Crippen molar-refractivity contribution in [1.82, 2.24) is 14.5 Å². The van der Waals surface area contributed by atoms with Gasteiger partial charge in [-0.3, -0.25) is 5.10 Å². The lowest BCUT2D eigenvalue weighted by atomic mass is 9.96. The average molecular weight is 398 g/mol. The molecule has 0 bridgehead atoms. The molecule has 1 aromatic heterocycles. The summed E-state index contributed by atoms with van der Waals surface area (Å²) >= 11 is 5.70. The minimum atomic E-state index is -4.61. The van der Waals surface area contributed by atoms with Crippen LogP contribution in [0.3, 0.4) is 0 Å². The molecule has 0 amide bonds. The zero-order chi connectivity index (χ0) is 18.4. The van der Waals surface area contributed by atoms with Crippen molar-refractivity contribution in [3.05, 3.63) is 46.7 Å². The summed E-state index contributed by atoms with van der Waals surface area (Å²) in [6.07, 6.45) is -5.76. The van der Waals surface area contributed by atoms with Gasteiger partial charge in [-0.25, -0.2) is 26.0 Å². The number of nitrogens with zero attached hydrogens (tertiary/aromatic N) is 2. The van der Waals surface area contributed by atoms with Gasteiger partial charge in [0.25, 0.3) is 12.9 Å². The van der Waals surface area contributed by atoms with Gasteiger partial charge >= 0.3 is 0 Å². The van der Waals surface area contributed by atoms with Crippen molar-refractivity contribution in [3.8, 4) is 0 Å². The molecular weight excluding hydrogens is 386 g/mol. The lowest BCUT2D eigenvalue weighted by Gasteiger charge is -2.39. The summed E-state index contributed by atoms with van der Waals surface area (Å²) in [5.74, 6) is 0. The van der Waals surface area contributed by atoms with Crippen LogP contribution in [-0.2, 0) is 16.4 Å². The predicted molar refractivity (Wildman–Crippen MR) is 81.3 cm³/mol. The molecule has 0 fully saturated rings. The summed E-state index contributed by atoms with van der Waals surface area (Å²) in [6, 6.07) is 0.684.